The van der Waals surface area contributed by atoms with Gasteiger partial charge in [0.2, 0.25) is 0 Å². The van der Waals surface area contributed by atoms with Crippen molar-refractivity contribution in [3.8, 4) is 0 Å². The molecule has 1 saturated carbocycles. The lowest BCUT2D eigenvalue weighted by Gasteiger charge is -2.00. The summed E-state index contributed by atoms with van der Waals surface area (Å²) in [7, 11) is 1.45. The number of benzene rings is 1. The van der Waals surface area contributed by atoms with Gasteiger partial charge in [0.05, 0.1) is 13.0 Å². The van der Waals surface area contributed by atoms with Crippen molar-refractivity contribution < 1.29 is 9.53 Å². The fraction of sp³-hybridized carbons (Fsp3) is 0.417. The molecule has 0 aromatic heterocycles. The maximum Gasteiger partial charge on any atom is 0.309 e. The van der Waals surface area contributed by atoms with Crippen LogP contribution in [-0.4, -0.2) is 13.1 Å². The zero-order valence-corrected chi connectivity index (χ0v) is 8.49. The van der Waals surface area contributed by atoms with Crippen LogP contribution in [0.3, 0.4) is 0 Å². The Balaban J connectivity index is 2.09. The van der Waals surface area contributed by atoms with Gasteiger partial charge in [0, 0.05) is 0 Å². The van der Waals surface area contributed by atoms with Gasteiger partial charge in [0.1, 0.15) is 0 Å². The van der Waals surface area contributed by atoms with Gasteiger partial charge in [0.25, 0.3) is 0 Å². The average molecular weight is 190 g/mol. The van der Waals surface area contributed by atoms with Crippen molar-refractivity contribution in [2.24, 2.45) is 5.92 Å². The lowest BCUT2D eigenvalue weighted by Crippen LogP contribution is -2.03. The molecule has 74 valence electrons. The molecule has 2 heteroatoms. The predicted octanol–water partition coefficient (Wildman–Crippen LogP) is 2.27. The fourth-order valence-electron chi connectivity index (χ4n) is 1.88. The molecule has 0 aliphatic heterocycles. The first-order chi connectivity index (χ1) is 6.72. The summed E-state index contributed by atoms with van der Waals surface area (Å²) in [6.07, 6.45) is 0.941. The van der Waals surface area contributed by atoms with E-state index in [9.17, 15) is 4.79 Å². The van der Waals surface area contributed by atoms with Crippen LogP contribution in [0, 0.1) is 12.8 Å². The van der Waals surface area contributed by atoms with Crippen LogP contribution in [-0.2, 0) is 9.53 Å². The largest absolute Gasteiger partial charge is 0.469 e. The highest BCUT2D eigenvalue weighted by Crippen LogP contribution is 2.48. The third-order valence-corrected chi connectivity index (χ3v) is 2.76. The number of hydrogen-bond acceptors (Lipinski definition) is 2. The van der Waals surface area contributed by atoms with Crippen LogP contribution in [0.15, 0.2) is 24.3 Å². The maximum absolute atomic E-state index is 11.2. The Hall–Kier alpha value is -1.31. The average Bonchev–Trinajstić information content (AvgIpc) is 2.96. The number of methoxy groups -OCH3 is 1. The quantitative estimate of drug-likeness (QED) is 0.669. The number of rotatable bonds is 2. The number of aryl methyl sites for hydroxylation is 1. The van der Waals surface area contributed by atoms with Gasteiger partial charge in [-0.1, -0.05) is 29.8 Å². The van der Waals surface area contributed by atoms with Gasteiger partial charge in [0.15, 0.2) is 0 Å². The zero-order valence-electron chi connectivity index (χ0n) is 8.49. The minimum absolute atomic E-state index is 0.0727. The number of hydrogen-bond donors (Lipinski definition) is 0. The monoisotopic (exact) mass is 190 g/mol. The molecule has 1 fully saturated rings. The summed E-state index contributed by atoms with van der Waals surface area (Å²) in [6.45, 7) is 2.07. The van der Waals surface area contributed by atoms with Crippen molar-refractivity contribution in [3.63, 3.8) is 0 Å². The van der Waals surface area contributed by atoms with Gasteiger partial charge in [-0.15, -0.1) is 0 Å². The van der Waals surface area contributed by atoms with E-state index in [-0.39, 0.29) is 11.9 Å². The highest BCUT2D eigenvalue weighted by molar-refractivity contribution is 5.77. The molecule has 2 nitrogen and oxygen atoms in total. The second-order valence-corrected chi connectivity index (χ2v) is 3.89. The molecule has 2 atom stereocenters. The van der Waals surface area contributed by atoms with E-state index >= 15 is 0 Å². The van der Waals surface area contributed by atoms with Gasteiger partial charge in [-0.25, -0.2) is 0 Å². The van der Waals surface area contributed by atoms with E-state index in [1.165, 1.54) is 18.2 Å². The maximum atomic E-state index is 11.2. The minimum Gasteiger partial charge on any atom is -0.469 e. The molecule has 2 rings (SSSR count). The Kier molecular flexibility index (Phi) is 2.28. The van der Waals surface area contributed by atoms with E-state index in [4.69, 9.17) is 4.74 Å². The van der Waals surface area contributed by atoms with Crippen molar-refractivity contribution in [1.29, 1.82) is 0 Å². The molecule has 0 radical (unpaired) electrons. The molecule has 1 aliphatic rings. The van der Waals surface area contributed by atoms with E-state index in [0.717, 1.165) is 6.42 Å². The minimum atomic E-state index is -0.0727. The fourth-order valence-corrected chi connectivity index (χ4v) is 1.88. The molecule has 0 N–H and O–H groups in total. The summed E-state index contributed by atoms with van der Waals surface area (Å²) in [5.74, 6) is 0.417. The van der Waals surface area contributed by atoms with Crippen molar-refractivity contribution in [2.45, 2.75) is 19.3 Å². The van der Waals surface area contributed by atoms with Crippen LogP contribution in [0.1, 0.15) is 23.5 Å². The van der Waals surface area contributed by atoms with Gasteiger partial charge in [-0.2, -0.15) is 0 Å². The van der Waals surface area contributed by atoms with Crippen molar-refractivity contribution in [2.75, 3.05) is 7.11 Å². The van der Waals surface area contributed by atoms with Crippen LogP contribution in [0.2, 0.25) is 0 Å². The van der Waals surface area contributed by atoms with Gasteiger partial charge < -0.3 is 4.74 Å². The Labute approximate surface area is 83.9 Å². The normalized spacial score (nSPS) is 24.4. The topological polar surface area (TPSA) is 26.3 Å². The molecule has 0 bridgehead atoms. The SMILES string of the molecule is COC(=O)[C@H]1C[C@@H]1c1cccc(C)c1. The number of carbonyl (C=O) groups is 1. The Morgan fingerprint density at radius 3 is 2.93 bits per heavy atom. The van der Waals surface area contributed by atoms with Gasteiger partial charge in [-0.3, -0.25) is 4.79 Å². The van der Waals surface area contributed by atoms with Crippen LogP contribution in [0.5, 0.6) is 0 Å². The van der Waals surface area contributed by atoms with Crippen LogP contribution < -0.4 is 0 Å². The van der Waals surface area contributed by atoms with Crippen molar-refractivity contribution >= 4 is 5.97 Å². The van der Waals surface area contributed by atoms with Gasteiger partial charge >= 0.3 is 5.97 Å². The first-order valence-electron chi connectivity index (χ1n) is 4.87. The van der Waals surface area contributed by atoms with Crippen LogP contribution >= 0.6 is 0 Å². The Morgan fingerprint density at radius 2 is 2.29 bits per heavy atom. The molecule has 1 aromatic carbocycles. The smallest absolute Gasteiger partial charge is 0.309 e. The van der Waals surface area contributed by atoms with E-state index < -0.39 is 0 Å². The first-order valence-corrected chi connectivity index (χ1v) is 4.87. The first kappa shape index (κ1) is 9.25. The molecule has 0 unspecified atom stereocenters. The summed E-state index contributed by atoms with van der Waals surface area (Å²) in [4.78, 5) is 11.2. The number of ether oxygens (including phenoxy) is 1. The summed E-state index contributed by atoms with van der Waals surface area (Å²) < 4.78 is 4.72. The van der Waals surface area contributed by atoms with Crippen LogP contribution in [0.4, 0.5) is 0 Å². The molecule has 0 saturated heterocycles. The standard InChI is InChI=1S/C12H14O2/c1-8-4-3-5-9(6-8)10-7-11(10)12(13)14-2/h3-6,10-11H,7H2,1-2H3/t10-,11+/m1/s1. The lowest BCUT2D eigenvalue weighted by molar-refractivity contribution is -0.142. The second-order valence-electron chi connectivity index (χ2n) is 3.89. The third-order valence-electron chi connectivity index (χ3n) is 2.76. The van der Waals surface area contributed by atoms with Gasteiger partial charge in [-0.05, 0) is 24.8 Å². The molecule has 1 aliphatic carbocycles. The summed E-state index contributed by atoms with van der Waals surface area (Å²) in [6, 6.07) is 8.34. The third kappa shape index (κ3) is 1.65. The van der Waals surface area contributed by atoms with E-state index in [1.807, 2.05) is 6.07 Å². The summed E-state index contributed by atoms with van der Waals surface area (Å²) in [5, 5.41) is 0. The highest BCUT2D eigenvalue weighted by Gasteiger charge is 2.44. The summed E-state index contributed by atoms with van der Waals surface area (Å²) in [5.41, 5.74) is 2.51. The molecular formula is C12H14O2. The van der Waals surface area contributed by atoms with E-state index in [2.05, 4.69) is 25.1 Å². The number of carbonyl (C=O) groups excluding carboxylic acids is 1. The molecule has 1 aromatic rings. The lowest BCUT2D eigenvalue weighted by atomic mass is 10.1. The van der Waals surface area contributed by atoms with E-state index in [1.54, 1.807) is 0 Å². The predicted molar refractivity (Wildman–Crippen MR) is 54.0 cm³/mol. The van der Waals surface area contributed by atoms with Crippen molar-refractivity contribution in [3.05, 3.63) is 35.4 Å². The molecule has 0 amide bonds. The van der Waals surface area contributed by atoms with E-state index in [0.29, 0.717) is 5.92 Å². The second kappa shape index (κ2) is 3.45. The molecular weight excluding hydrogens is 176 g/mol. The Bertz CT molecular complexity index is 357. The van der Waals surface area contributed by atoms with Crippen LogP contribution in [0.25, 0.3) is 0 Å². The Morgan fingerprint density at radius 1 is 1.50 bits per heavy atom. The highest BCUT2D eigenvalue weighted by atomic mass is 16.5. The number of esters is 1. The molecule has 14 heavy (non-hydrogen) atoms. The van der Waals surface area contributed by atoms with Crippen molar-refractivity contribution in [1.82, 2.24) is 0 Å². The molecule has 0 spiro atoms. The molecule has 0 heterocycles. The zero-order chi connectivity index (χ0) is 10.1. The summed E-state index contributed by atoms with van der Waals surface area (Å²) >= 11 is 0.